The highest BCUT2D eigenvalue weighted by Crippen LogP contribution is 2.30. The molecule has 0 bridgehead atoms. The Morgan fingerprint density at radius 2 is 2.13 bits per heavy atom. The first kappa shape index (κ1) is 13.4. The van der Waals surface area contributed by atoms with Crippen molar-refractivity contribution in [3.63, 3.8) is 0 Å². The molecule has 0 spiro atoms. The van der Waals surface area contributed by atoms with Crippen LogP contribution in [0, 0.1) is 0 Å². The molecule has 1 N–H and O–H groups in total. The Morgan fingerprint density at radius 1 is 1.27 bits per heavy atom. The van der Waals surface area contributed by atoms with Gasteiger partial charge in [-0.2, -0.15) is 11.8 Å². The van der Waals surface area contributed by atoms with Gasteiger partial charge in [-0.05, 0) is 38.0 Å². The number of thioether (sulfide) groups is 1. The molecule has 90 valence electrons. The quantitative estimate of drug-likeness (QED) is 0.635. The summed E-state index contributed by atoms with van der Waals surface area (Å²) in [5.74, 6) is 1.39. The molecule has 1 aliphatic rings. The van der Waals surface area contributed by atoms with Gasteiger partial charge in [-0.15, -0.1) is 0 Å². The molecule has 0 saturated carbocycles. The fourth-order valence-electron chi connectivity index (χ4n) is 2.28. The van der Waals surface area contributed by atoms with Gasteiger partial charge in [0.2, 0.25) is 0 Å². The van der Waals surface area contributed by atoms with Gasteiger partial charge in [-0.1, -0.05) is 33.1 Å². The largest absolute Gasteiger partial charge is 0.313 e. The fraction of sp³-hybridized carbons (Fsp3) is 1.00. The summed E-state index contributed by atoms with van der Waals surface area (Å²) in [5, 5.41) is 4.66. The molecule has 0 radical (unpaired) electrons. The van der Waals surface area contributed by atoms with Crippen LogP contribution in [0.5, 0.6) is 0 Å². The molecule has 0 aliphatic carbocycles. The van der Waals surface area contributed by atoms with E-state index >= 15 is 0 Å². The standard InChI is InChI=1S/C13H27NS/c1-3-5-6-8-12(14-10-4-2)13-9-7-11-15-13/h12-14H,3-11H2,1-2H3. The lowest BCUT2D eigenvalue weighted by atomic mass is 10.0. The first-order valence-corrected chi connectivity index (χ1v) is 7.78. The molecule has 0 aromatic rings. The van der Waals surface area contributed by atoms with Crippen molar-refractivity contribution < 1.29 is 0 Å². The number of hydrogen-bond acceptors (Lipinski definition) is 2. The molecule has 1 heterocycles. The number of unbranched alkanes of at least 4 members (excludes halogenated alkanes) is 2. The highest BCUT2D eigenvalue weighted by molar-refractivity contribution is 8.00. The highest BCUT2D eigenvalue weighted by atomic mass is 32.2. The first-order chi connectivity index (χ1) is 7.38. The van der Waals surface area contributed by atoms with Crippen LogP contribution in [0.4, 0.5) is 0 Å². The van der Waals surface area contributed by atoms with Gasteiger partial charge in [0.1, 0.15) is 0 Å². The summed E-state index contributed by atoms with van der Waals surface area (Å²) >= 11 is 2.20. The van der Waals surface area contributed by atoms with Crippen LogP contribution >= 0.6 is 11.8 Å². The monoisotopic (exact) mass is 229 g/mol. The molecule has 1 rings (SSSR count). The van der Waals surface area contributed by atoms with Gasteiger partial charge in [0.15, 0.2) is 0 Å². The van der Waals surface area contributed by atoms with Crippen LogP contribution in [-0.2, 0) is 0 Å². The topological polar surface area (TPSA) is 12.0 Å². The third-order valence-electron chi connectivity index (χ3n) is 3.19. The predicted molar refractivity (Wildman–Crippen MR) is 71.7 cm³/mol. The van der Waals surface area contributed by atoms with Crippen LogP contribution in [0.3, 0.4) is 0 Å². The van der Waals surface area contributed by atoms with Gasteiger partial charge >= 0.3 is 0 Å². The second kappa shape index (κ2) is 8.46. The summed E-state index contributed by atoms with van der Waals surface area (Å²) in [4.78, 5) is 0. The molecular formula is C13H27NS. The summed E-state index contributed by atoms with van der Waals surface area (Å²) < 4.78 is 0. The maximum Gasteiger partial charge on any atom is 0.0201 e. The average molecular weight is 229 g/mol. The second-order valence-electron chi connectivity index (χ2n) is 4.61. The molecule has 2 atom stereocenters. The van der Waals surface area contributed by atoms with E-state index in [1.54, 1.807) is 0 Å². The van der Waals surface area contributed by atoms with E-state index in [-0.39, 0.29) is 0 Å². The molecule has 2 heteroatoms. The average Bonchev–Trinajstić information content (AvgIpc) is 2.76. The van der Waals surface area contributed by atoms with Crippen molar-refractivity contribution in [2.24, 2.45) is 0 Å². The van der Waals surface area contributed by atoms with Gasteiger partial charge in [0.25, 0.3) is 0 Å². The zero-order chi connectivity index (χ0) is 10.9. The van der Waals surface area contributed by atoms with E-state index in [9.17, 15) is 0 Å². The maximum atomic E-state index is 3.75. The highest BCUT2D eigenvalue weighted by Gasteiger charge is 2.24. The second-order valence-corrected chi connectivity index (χ2v) is 5.95. The molecule has 1 saturated heterocycles. The van der Waals surface area contributed by atoms with E-state index in [1.165, 1.54) is 57.2 Å². The fourth-order valence-corrected chi connectivity index (χ4v) is 3.72. The molecule has 2 unspecified atom stereocenters. The molecular weight excluding hydrogens is 202 g/mol. The minimum atomic E-state index is 0.795. The Labute approximate surface area is 99.8 Å². The van der Waals surface area contributed by atoms with Crippen LogP contribution in [0.2, 0.25) is 0 Å². The molecule has 1 fully saturated rings. The summed E-state index contributed by atoms with van der Waals surface area (Å²) in [6.07, 6.45) is 9.70. The summed E-state index contributed by atoms with van der Waals surface area (Å²) in [6.45, 7) is 5.75. The van der Waals surface area contributed by atoms with E-state index in [4.69, 9.17) is 0 Å². The van der Waals surface area contributed by atoms with E-state index < -0.39 is 0 Å². The first-order valence-electron chi connectivity index (χ1n) is 6.73. The van der Waals surface area contributed by atoms with Crippen molar-refractivity contribution in [3.05, 3.63) is 0 Å². The lowest BCUT2D eigenvalue weighted by Gasteiger charge is -2.24. The third-order valence-corrected chi connectivity index (χ3v) is 4.71. The van der Waals surface area contributed by atoms with Crippen LogP contribution in [0.15, 0.2) is 0 Å². The minimum Gasteiger partial charge on any atom is -0.313 e. The third kappa shape index (κ3) is 5.26. The smallest absolute Gasteiger partial charge is 0.0201 e. The van der Waals surface area contributed by atoms with Gasteiger partial charge in [0.05, 0.1) is 0 Å². The van der Waals surface area contributed by atoms with Crippen LogP contribution in [0.25, 0.3) is 0 Å². The Kier molecular flexibility index (Phi) is 7.54. The zero-order valence-corrected chi connectivity index (χ0v) is 11.2. The van der Waals surface area contributed by atoms with Crippen molar-refractivity contribution in [1.82, 2.24) is 5.32 Å². The number of hydrogen-bond donors (Lipinski definition) is 1. The van der Waals surface area contributed by atoms with Gasteiger partial charge in [0, 0.05) is 11.3 Å². The Hall–Kier alpha value is 0.310. The minimum absolute atomic E-state index is 0.795. The summed E-state index contributed by atoms with van der Waals surface area (Å²) in [6, 6.07) is 0.795. The Balaban J connectivity index is 2.23. The Morgan fingerprint density at radius 3 is 2.73 bits per heavy atom. The van der Waals surface area contributed by atoms with E-state index in [1.807, 2.05) is 0 Å². The molecule has 1 aliphatic heterocycles. The maximum absolute atomic E-state index is 3.75. The van der Waals surface area contributed by atoms with Crippen molar-refractivity contribution in [2.75, 3.05) is 12.3 Å². The van der Waals surface area contributed by atoms with E-state index in [0.717, 1.165) is 11.3 Å². The lowest BCUT2D eigenvalue weighted by molar-refractivity contribution is 0.439. The van der Waals surface area contributed by atoms with Crippen LogP contribution in [-0.4, -0.2) is 23.6 Å². The van der Waals surface area contributed by atoms with Crippen molar-refractivity contribution >= 4 is 11.8 Å². The predicted octanol–water partition coefficient (Wildman–Crippen LogP) is 3.83. The molecule has 1 nitrogen and oxygen atoms in total. The van der Waals surface area contributed by atoms with Crippen LogP contribution < -0.4 is 5.32 Å². The summed E-state index contributed by atoms with van der Waals surface area (Å²) in [7, 11) is 0. The van der Waals surface area contributed by atoms with Crippen LogP contribution in [0.1, 0.15) is 58.8 Å². The number of nitrogens with one attached hydrogen (secondary N) is 1. The SMILES string of the molecule is CCCCCC(NCCC)C1CCCS1. The van der Waals surface area contributed by atoms with Gasteiger partial charge in [-0.25, -0.2) is 0 Å². The van der Waals surface area contributed by atoms with Gasteiger partial charge < -0.3 is 5.32 Å². The molecule has 0 aromatic heterocycles. The van der Waals surface area contributed by atoms with E-state index in [0.29, 0.717) is 0 Å². The normalized spacial score (nSPS) is 23.2. The molecule has 0 aromatic carbocycles. The van der Waals surface area contributed by atoms with Gasteiger partial charge in [-0.3, -0.25) is 0 Å². The lowest BCUT2D eigenvalue weighted by Crippen LogP contribution is -2.37. The molecule has 15 heavy (non-hydrogen) atoms. The van der Waals surface area contributed by atoms with Crippen molar-refractivity contribution in [1.29, 1.82) is 0 Å². The summed E-state index contributed by atoms with van der Waals surface area (Å²) in [5.41, 5.74) is 0. The zero-order valence-electron chi connectivity index (χ0n) is 10.4. The number of rotatable bonds is 8. The van der Waals surface area contributed by atoms with Crippen molar-refractivity contribution in [3.8, 4) is 0 Å². The molecule has 0 amide bonds. The van der Waals surface area contributed by atoms with Crippen molar-refractivity contribution in [2.45, 2.75) is 70.1 Å². The Bertz CT molecular complexity index is 143. The van der Waals surface area contributed by atoms with E-state index in [2.05, 4.69) is 30.9 Å².